The van der Waals surface area contributed by atoms with Crippen LogP contribution in [0.15, 0.2) is 24.4 Å². The molecule has 1 heterocycles. The van der Waals surface area contributed by atoms with Gasteiger partial charge in [-0.1, -0.05) is 12.1 Å². The summed E-state index contributed by atoms with van der Waals surface area (Å²) < 4.78 is 22.3. The second-order valence-corrected chi connectivity index (χ2v) is 5.94. The molecule has 2 rings (SSSR count). The van der Waals surface area contributed by atoms with Gasteiger partial charge in [0.05, 0.1) is 11.9 Å². The number of hydrazine groups is 1. The molecule has 2 N–H and O–H groups in total. The molecule has 1 aromatic carbocycles. The van der Waals surface area contributed by atoms with Crippen LogP contribution < -0.4 is 10.2 Å². The average molecular weight is 284 g/mol. The zero-order valence-electron chi connectivity index (χ0n) is 11.1. The molecule has 0 amide bonds. The fourth-order valence-corrected chi connectivity index (χ4v) is 2.93. The fourth-order valence-electron chi connectivity index (χ4n) is 1.92. The van der Waals surface area contributed by atoms with Crippen molar-refractivity contribution in [1.29, 1.82) is 0 Å². The third kappa shape index (κ3) is 2.61. The van der Waals surface area contributed by atoms with Gasteiger partial charge in [0.25, 0.3) is 0 Å². The zero-order chi connectivity index (χ0) is 14.0. The summed E-state index contributed by atoms with van der Waals surface area (Å²) in [4.78, 5) is 9.90. The summed E-state index contributed by atoms with van der Waals surface area (Å²) in [6.07, 6.45) is 1.54. The van der Waals surface area contributed by atoms with E-state index in [9.17, 15) is 9.46 Å². The van der Waals surface area contributed by atoms with Crippen molar-refractivity contribution in [3.05, 3.63) is 30.0 Å². The minimum absolute atomic E-state index is 0.243. The van der Waals surface area contributed by atoms with Crippen molar-refractivity contribution in [3.8, 4) is 5.75 Å². The molecule has 0 saturated carbocycles. The topological polar surface area (TPSA) is 71.0 Å². The molecule has 6 nitrogen and oxygen atoms in total. The molecule has 1 aliphatic rings. The highest BCUT2D eigenvalue weighted by Crippen LogP contribution is 2.58. The molecule has 0 fully saturated rings. The molecule has 0 saturated heterocycles. The summed E-state index contributed by atoms with van der Waals surface area (Å²) in [7, 11) is -0.878. The van der Waals surface area contributed by atoms with Crippen LogP contribution >= 0.6 is 7.60 Å². The van der Waals surface area contributed by atoms with Crippen LogP contribution in [0.1, 0.15) is 12.5 Å². The SMILES string of the molecule is CCOc1cccc2c1NN(C)C=C2P(=O)(O)OC. The Balaban J connectivity index is 2.57. The van der Waals surface area contributed by atoms with Gasteiger partial charge >= 0.3 is 7.60 Å². The second-order valence-electron chi connectivity index (χ2n) is 4.05. The fraction of sp³-hybridized carbons (Fsp3) is 0.333. The number of para-hydroxylation sites is 1. The van der Waals surface area contributed by atoms with Crippen LogP contribution in [0.2, 0.25) is 0 Å². The highest BCUT2D eigenvalue weighted by atomic mass is 31.2. The van der Waals surface area contributed by atoms with Gasteiger partial charge in [0, 0.05) is 25.9 Å². The maximum Gasteiger partial charge on any atom is 0.360 e. The third-order valence-electron chi connectivity index (χ3n) is 2.76. The van der Waals surface area contributed by atoms with Gasteiger partial charge in [0.1, 0.15) is 11.4 Å². The lowest BCUT2D eigenvalue weighted by molar-refractivity contribution is 0.327. The Morgan fingerprint density at radius 2 is 2.21 bits per heavy atom. The Labute approximate surface area is 112 Å². The third-order valence-corrected chi connectivity index (χ3v) is 4.22. The Hall–Kier alpha value is -1.49. The molecule has 1 atom stereocenters. The summed E-state index contributed by atoms with van der Waals surface area (Å²) >= 11 is 0. The van der Waals surface area contributed by atoms with Crippen molar-refractivity contribution in [3.63, 3.8) is 0 Å². The van der Waals surface area contributed by atoms with Gasteiger partial charge < -0.3 is 14.2 Å². The number of nitrogens with zero attached hydrogens (tertiary/aromatic N) is 1. The summed E-state index contributed by atoms with van der Waals surface area (Å²) in [5.41, 5.74) is 4.35. The first-order chi connectivity index (χ1) is 8.99. The minimum atomic E-state index is -3.83. The van der Waals surface area contributed by atoms with Crippen LogP contribution in [0.5, 0.6) is 5.75 Å². The molecule has 1 aromatic rings. The summed E-state index contributed by atoms with van der Waals surface area (Å²) in [5.74, 6) is 0.633. The standard InChI is InChI=1S/C12H17N2O4P/c1-4-18-10-7-5-6-9-11(19(15,16)17-3)8-14(2)13-12(9)10/h5-8,13H,4H2,1-3H3,(H,15,16). The van der Waals surface area contributed by atoms with Crippen molar-refractivity contribution in [2.75, 3.05) is 26.2 Å². The zero-order valence-corrected chi connectivity index (χ0v) is 12.0. The molecular formula is C12H17N2O4P. The molecule has 19 heavy (non-hydrogen) atoms. The Bertz CT molecular complexity index is 559. The number of fused-ring (bicyclic) bond motifs is 1. The number of nitrogens with one attached hydrogen (secondary N) is 1. The first-order valence-electron chi connectivity index (χ1n) is 5.86. The summed E-state index contributed by atoms with van der Waals surface area (Å²) in [6, 6.07) is 5.34. The van der Waals surface area contributed by atoms with Crippen LogP contribution in [0.25, 0.3) is 5.31 Å². The van der Waals surface area contributed by atoms with E-state index in [1.54, 1.807) is 36.5 Å². The van der Waals surface area contributed by atoms with Crippen molar-refractivity contribution in [2.45, 2.75) is 6.92 Å². The predicted molar refractivity (Wildman–Crippen MR) is 73.8 cm³/mol. The van der Waals surface area contributed by atoms with Gasteiger partial charge in [0.2, 0.25) is 0 Å². The second kappa shape index (κ2) is 5.25. The quantitative estimate of drug-likeness (QED) is 0.828. The number of benzene rings is 1. The van der Waals surface area contributed by atoms with E-state index in [1.807, 2.05) is 6.92 Å². The largest absolute Gasteiger partial charge is 0.492 e. The molecule has 0 aliphatic carbocycles. The molecular weight excluding hydrogens is 267 g/mol. The highest BCUT2D eigenvalue weighted by molar-refractivity contribution is 7.64. The average Bonchev–Trinajstić information content (AvgIpc) is 2.39. The van der Waals surface area contributed by atoms with Crippen LogP contribution in [-0.4, -0.2) is 30.7 Å². The lowest BCUT2D eigenvalue weighted by Crippen LogP contribution is -2.24. The van der Waals surface area contributed by atoms with Crippen LogP contribution in [-0.2, 0) is 9.09 Å². The lowest BCUT2D eigenvalue weighted by atomic mass is 10.1. The van der Waals surface area contributed by atoms with E-state index < -0.39 is 7.60 Å². The number of rotatable bonds is 4. The van der Waals surface area contributed by atoms with Crippen LogP contribution in [0, 0.1) is 0 Å². The van der Waals surface area contributed by atoms with E-state index in [-0.39, 0.29) is 5.31 Å². The van der Waals surface area contributed by atoms with Gasteiger partial charge in [-0.3, -0.25) is 15.0 Å². The summed E-state index contributed by atoms with van der Waals surface area (Å²) in [5, 5.41) is 1.84. The molecule has 0 bridgehead atoms. The molecule has 0 radical (unpaired) electrons. The smallest absolute Gasteiger partial charge is 0.360 e. The minimum Gasteiger partial charge on any atom is -0.492 e. The normalized spacial score (nSPS) is 17.1. The molecule has 1 aliphatic heterocycles. The molecule has 0 spiro atoms. The Kier molecular flexibility index (Phi) is 3.85. The van der Waals surface area contributed by atoms with E-state index in [4.69, 9.17) is 9.26 Å². The monoisotopic (exact) mass is 284 g/mol. The number of ether oxygens (including phenoxy) is 1. The number of hydrogen-bond donors (Lipinski definition) is 2. The van der Waals surface area contributed by atoms with Crippen molar-refractivity contribution >= 4 is 18.6 Å². The van der Waals surface area contributed by atoms with Crippen molar-refractivity contribution in [1.82, 2.24) is 5.01 Å². The Morgan fingerprint density at radius 1 is 1.47 bits per heavy atom. The maximum atomic E-state index is 12.1. The van der Waals surface area contributed by atoms with Crippen LogP contribution in [0.3, 0.4) is 0 Å². The van der Waals surface area contributed by atoms with Gasteiger partial charge in [-0.25, -0.2) is 0 Å². The van der Waals surface area contributed by atoms with E-state index in [0.29, 0.717) is 23.6 Å². The van der Waals surface area contributed by atoms with Gasteiger partial charge in [-0.2, -0.15) is 0 Å². The molecule has 0 aromatic heterocycles. The molecule has 7 heteroatoms. The first-order valence-corrected chi connectivity index (χ1v) is 7.44. The van der Waals surface area contributed by atoms with E-state index >= 15 is 0 Å². The number of anilines is 1. The van der Waals surface area contributed by atoms with Gasteiger partial charge in [-0.05, 0) is 13.0 Å². The maximum absolute atomic E-state index is 12.1. The van der Waals surface area contributed by atoms with Crippen molar-refractivity contribution in [2.24, 2.45) is 0 Å². The molecule has 1 unspecified atom stereocenters. The van der Waals surface area contributed by atoms with E-state index in [1.165, 1.54) is 7.11 Å². The lowest BCUT2D eigenvalue weighted by Gasteiger charge is -2.29. The number of hydrogen-bond acceptors (Lipinski definition) is 5. The first kappa shape index (κ1) is 13.9. The summed E-state index contributed by atoms with van der Waals surface area (Å²) in [6.45, 7) is 2.40. The van der Waals surface area contributed by atoms with Gasteiger partial charge in [-0.15, -0.1) is 0 Å². The van der Waals surface area contributed by atoms with Gasteiger partial charge in [0.15, 0.2) is 0 Å². The van der Waals surface area contributed by atoms with Crippen LogP contribution in [0.4, 0.5) is 5.69 Å². The van der Waals surface area contributed by atoms with E-state index in [2.05, 4.69) is 5.43 Å². The predicted octanol–water partition coefficient (Wildman–Crippen LogP) is 2.49. The highest BCUT2D eigenvalue weighted by Gasteiger charge is 2.32. The van der Waals surface area contributed by atoms with Crippen molar-refractivity contribution < 1.29 is 18.7 Å². The molecule has 104 valence electrons. The van der Waals surface area contributed by atoms with E-state index in [0.717, 1.165) is 0 Å². The Morgan fingerprint density at radius 3 is 2.84 bits per heavy atom.